The van der Waals surface area contributed by atoms with Crippen molar-refractivity contribution in [1.29, 1.82) is 0 Å². The van der Waals surface area contributed by atoms with Crippen LogP contribution in [0.5, 0.6) is 5.75 Å². The molecule has 0 aliphatic heterocycles. The van der Waals surface area contributed by atoms with Gasteiger partial charge in [-0.15, -0.1) is 0 Å². The summed E-state index contributed by atoms with van der Waals surface area (Å²) in [5, 5.41) is 0.654. The summed E-state index contributed by atoms with van der Waals surface area (Å²) in [5.41, 5.74) is 3.02. The van der Waals surface area contributed by atoms with Gasteiger partial charge in [-0.05, 0) is 48.0 Å². The van der Waals surface area contributed by atoms with E-state index in [1.54, 1.807) is 26.2 Å². The number of aryl methyl sites for hydroxylation is 1. The topological polar surface area (TPSA) is 37.8 Å². The van der Waals surface area contributed by atoms with Crippen LogP contribution in [-0.2, 0) is 7.05 Å². The minimum atomic E-state index is -0.398. The van der Waals surface area contributed by atoms with Crippen LogP contribution in [0.1, 0.15) is 0 Å². The molecule has 0 bridgehead atoms. The average Bonchev–Trinajstić information content (AvgIpc) is 2.87. The average molecular weight is 366 g/mol. The Bertz CT molecular complexity index is 873. The molecule has 3 rings (SSSR count). The number of imidazole rings is 1. The molecular weight excluding hydrogens is 349 g/mol. The van der Waals surface area contributed by atoms with Crippen molar-refractivity contribution in [2.75, 3.05) is 14.1 Å². The summed E-state index contributed by atoms with van der Waals surface area (Å²) in [6.45, 7) is 0. The molecule has 5 nitrogen and oxygen atoms in total. The van der Waals surface area contributed by atoms with Gasteiger partial charge in [0.2, 0.25) is 0 Å². The monoisotopic (exact) mass is 365 g/mol. The molecule has 2 aromatic heterocycles. The minimum absolute atomic E-state index is 0. The third-order valence-corrected chi connectivity index (χ3v) is 3.94. The van der Waals surface area contributed by atoms with Gasteiger partial charge in [-0.2, -0.15) is 4.40 Å². The molecule has 0 radical (unpaired) electrons. The van der Waals surface area contributed by atoms with E-state index in [-0.39, 0.29) is 12.4 Å². The number of nitrogens with zero attached hydrogens (tertiary/aromatic N) is 3. The van der Waals surface area contributed by atoms with E-state index in [1.807, 2.05) is 48.0 Å². The van der Waals surface area contributed by atoms with Crippen molar-refractivity contribution in [3.63, 3.8) is 0 Å². The van der Waals surface area contributed by atoms with Crippen LogP contribution in [0.3, 0.4) is 0 Å². The summed E-state index contributed by atoms with van der Waals surface area (Å²) in [4.78, 5) is 12.9. The lowest BCUT2D eigenvalue weighted by Gasteiger charge is -2.10. The van der Waals surface area contributed by atoms with Gasteiger partial charge < -0.3 is 22.0 Å². The molecule has 0 saturated heterocycles. The molecule has 3 aromatic rings. The molecule has 126 valence electrons. The van der Waals surface area contributed by atoms with E-state index in [9.17, 15) is 4.79 Å². The Morgan fingerprint density at radius 2 is 1.83 bits per heavy atom. The van der Waals surface area contributed by atoms with E-state index in [0.29, 0.717) is 10.9 Å². The van der Waals surface area contributed by atoms with Crippen LogP contribution in [0.25, 0.3) is 16.9 Å². The number of pyridine rings is 1. The maximum Gasteiger partial charge on any atom is 0.414 e. The highest BCUT2D eigenvalue weighted by atomic mass is 35.5. The molecule has 2 heterocycles. The second-order valence-electron chi connectivity index (χ2n) is 5.44. The number of hydrogen-bond acceptors (Lipinski definition) is 2. The molecule has 0 atom stereocenters. The van der Waals surface area contributed by atoms with Crippen LogP contribution in [-0.4, -0.2) is 29.5 Å². The number of benzene rings is 1. The van der Waals surface area contributed by atoms with Crippen molar-refractivity contribution in [3.8, 4) is 17.0 Å². The minimum Gasteiger partial charge on any atom is -1.00 e. The van der Waals surface area contributed by atoms with Crippen molar-refractivity contribution < 1.29 is 26.5 Å². The first-order valence-corrected chi connectivity index (χ1v) is 7.50. The number of hydrogen-bond donors (Lipinski definition) is 0. The van der Waals surface area contributed by atoms with E-state index < -0.39 is 6.09 Å². The van der Waals surface area contributed by atoms with Gasteiger partial charge >= 0.3 is 6.09 Å². The normalized spacial score (nSPS) is 10.3. The van der Waals surface area contributed by atoms with Crippen LogP contribution < -0.4 is 21.7 Å². The van der Waals surface area contributed by atoms with Gasteiger partial charge in [0.15, 0.2) is 10.8 Å². The molecule has 0 spiro atoms. The fourth-order valence-corrected chi connectivity index (χ4v) is 2.58. The van der Waals surface area contributed by atoms with Gasteiger partial charge in [-0.25, -0.2) is 9.36 Å². The lowest BCUT2D eigenvalue weighted by molar-refractivity contribution is -0.633. The smallest absolute Gasteiger partial charge is 0.414 e. The lowest BCUT2D eigenvalue weighted by atomic mass is 10.1. The first-order valence-electron chi connectivity index (χ1n) is 7.12. The van der Waals surface area contributed by atoms with E-state index in [2.05, 4.69) is 4.57 Å². The summed E-state index contributed by atoms with van der Waals surface area (Å²) in [5.74, 6) is 0.511. The predicted octanol–water partition coefficient (Wildman–Crippen LogP) is 0.149. The first kappa shape index (κ1) is 18.1. The third kappa shape index (κ3) is 3.32. The van der Waals surface area contributed by atoms with E-state index in [0.717, 1.165) is 16.9 Å². The highest BCUT2D eigenvalue weighted by Gasteiger charge is 2.17. The molecule has 0 saturated carbocycles. The fourth-order valence-electron chi connectivity index (χ4n) is 2.37. The Hall–Kier alpha value is -2.24. The Labute approximate surface area is 151 Å². The quantitative estimate of drug-likeness (QED) is 0.478. The highest BCUT2D eigenvalue weighted by molar-refractivity contribution is 6.29. The van der Waals surface area contributed by atoms with Crippen molar-refractivity contribution >= 4 is 23.3 Å². The number of carbonyl (C=O) groups excluding carboxylic acids is 1. The maximum atomic E-state index is 11.6. The molecule has 7 heteroatoms. The Balaban J connectivity index is 0.00000208. The molecule has 0 fully saturated rings. The Morgan fingerprint density at radius 1 is 1.17 bits per heavy atom. The molecule has 1 aromatic carbocycles. The number of amides is 1. The number of halogens is 2. The third-order valence-electron chi connectivity index (χ3n) is 3.63. The first-order chi connectivity index (χ1) is 11.0. The van der Waals surface area contributed by atoms with Crippen LogP contribution in [0.4, 0.5) is 4.79 Å². The van der Waals surface area contributed by atoms with Crippen LogP contribution in [0, 0.1) is 0 Å². The van der Waals surface area contributed by atoms with Crippen LogP contribution in [0.15, 0.2) is 48.7 Å². The summed E-state index contributed by atoms with van der Waals surface area (Å²) >= 11 is 6.23. The molecular formula is C17H17Cl2N3O2. The summed E-state index contributed by atoms with van der Waals surface area (Å²) in [7, 11) is 5.28. The molecule has 0 N–H and O–H groups in total. The Morgan fingerprint density at radius 3 is 2.42 bits per heavy atom. The van der Waals surface area contributed by atoms with Gasteiger partial charge in [-0.3, -0.25) is 0 Å². The molecule has 24 heavy (non-hydrogen) atoms. The van der Waals surface area contributed by atoms with Crippen LogP contribution in [0.2, 0.25) is 5.15 Å². The predicted molar refractivity (Wildman–Crippen MR) is 88.7 cm³/mol. The van der Waals surface area contributed by atoms with Gasteiger partial charge in [-0.1, -0.05) is 0 Å². The van der Waals surface area contributed by atoms with E-state index >= 15 is 0 Å². The zero-order valence-electron chi connectivity index (χ0n) is 13.5. The number of rotatable bonds is 2. The van der Waals surface area contributed by atoms with Gasteiger partial charge in [0, 0.05) is 25.7 Å². The summed E-state index contributed by atoms with van der Waals surface area (Å²) in [6.07, 6.45) is 1.59. The van der Waals surface area contributed by atoms with Crippen LogP contribution >= 0.6 is 11.6 Å². The standard InChI is InChI=1S/C17H17ClN3O2.ClH/c1-19(2)17(22)23-13-9-7-12(8-10-13)14-11-21-15(18)5-4-6-16(21)20(14)3;/h4-11H,1-3H3;1H/q+1;/p-1. The SMILES string of the molecule is CN(C)C(=O)Oc1ccc(-c2cn3c(Cl)cccc3[n+]2C)cc1.[Cl-]. The second-order valence-corrected chi connectivity index (χ2v) is 5.82. The van der Waals surface area contributed by atoms with Gasteiger partial charge in [0.25, 0.3) is 5.65 Å². The van der Waals surface area contributed by atoms with Crippen molar-refractivity contribution in [2.45, 2.75) is 0 Å². The number of fused-ring (bicyclic) bond motifs is 1. The Kier molecular flexibility index (Phi) is 5.36. The zero-order valence-corrected chi connectivity index (χ0v) is 15.0. The summed E-state index contributed by atoms with van der Waals surface area (Å²) < 4.78 is 9.22. The number of ether oxygens (including phenoxy) is 1. The van der Waals surface area contributed by atoms with Crippen molar-refractivity contribution in [3.05, 3.63) is 53.8 Å². The maximum absolute atomic E-state index is 11.6. The van der Waals surface area contributed by atoms with E-state index in [4.69, 9.17) is 16.3 Å². The number of carbonyl (C=O) groups is 1. The van der Waals surface area contributed by atoms with Crippen molar-refractivity contribution in [1.82, 2.24) is 9.30 Å². The number of aromatic nitrogens is 2. The highest BCUT2D eigenvalue weighted by Crippen LogP contribution is 2.22. The fraction of sp³-hybridized carbons (Fsp3) is 0.176. The molecule has 1 amide bonds. The molecule has 0 aliphatic rings. The van der Waals surface area contributed by atoms with Gasteiger partial charge in [0.05, 0.1) is 7.05 Å². The summed E-state index contributed by atoms with van der Waals surface area (Å²) in [6, 6.07) is 13.2. The zero-order chi connectivity index (χ0) is 16.6. The lowest BCUT2D eigenvalue weighted by Crippen LogP contribution is -3.00. The van der Waals surface area contributed by atoms with Crippen molar-refractivity contribution in [2.24, 2.45) is 7.05 Å². The second kappa shape index (κ2) is 7.11. The molecule has 0 aliphatic carbocycles. The van der Waals surface area contributed by atoms with E-state index in [1.165, 1.54) is 4.90 Å². The van der Waals surface area contributed by atoms with Gasteiger partial charge in [0.1, 0.15) is 11.9 Å². The molecule has 0 unspecified atom stereocenters. The largest absolute Gasteiger partial charge is 1.00 e.